The van der Waals surface area contributed by atoms with Gasteiger partial charge in [-0.15, -0.1) is 0 Å². The first-order valence-electron chi connectivity index (χ1n) is 9.55. The van der Waals surface area contributed by atoms with Crippen LogP contribution >= 0.6 is 0 Å². The van der Waals surface area contributed by atoms with Crippen LogP contribution in [0.4, 0.5) is 0 Å². The molecule has 1 N–H and O–H groups in total. The lowest BCUT2D eigenvalue weighted by Crippen LogP contribution is -2.31. The van der Waals surface area contributed by atoms with Gasteiger partial charge in [0.25, 0.3) is 5.91 Å². The summed E-state index contributed by atoms with van der Waals surface area (Å²) < 4.78 is 5.56. The van der Waals surface area contributed by atoms with Crippen LogP contribution in [0.5, 0.6) is 0 Å². The number of carbonyl (C=O) groups excluding carboxylic acids is 1. The van der Waals surface area contributed by atoms with Gasteiger partial charge in [0.2, 0.25) is 0 Å². The minimum absolute atomic E-state index is 0.0748. The Bertz CT molecular complexity index is 796. The Labute approximate surface area is 154 Å². The van der Waals surface area contributed by atoms with Crippen molar-refractivity contribution in [2.24, 2.45) is 0 Å². The number of rotatable bonds is 5. The van der Waals surface area contributed by atoms with Crippen LogP contribution in [0.1, 0.15) is 59.8 Å². The summed E-state index contributed by atoms with van der Waals surface area (Å²) in [7, 11) is 0. The minimum Gasteiger partial charge on any atom is -0.376 e. The lowest BCUT2D eigenvalue weighted by molar-refractivity contribution is 0.0858. The number of carbonyl (C=O) groups is 1. The Morgan fingerprint density at radius 1 is 1.19 bits per heavy atom. The fraction of sp³-hybridized carbons (Fsp3) is 0.476. The summed E-state index contributed by atoms with van der Waals surface area (Å²) in [6.45, 7) is 3.37. The molecule has 1 atom stereocenters. The first-order chi connectivity index (χ1) is 12.7. The lowest BCUT2D eigenvalue weighted by atomic mass is 9.82. The predicted molar refractivity (Wildman–Crippen MR) is 100 cm³/mol. The highest BCUT2D eigenvalue weighted by atomic mass is 16.5. The van der Waals surface area contributed by atoms with Crippen molar-refractivity contribution in [2.45, 2.75) is 51.0 Å². The van der Waals surface area contributed by atoms with Crippen molar-refractivity contribution in [1.29, 1.82) is 0 Å². The van der Waals surface area contributed by atoms with Gasteiger partial charge >= 0.3 is 0 Å². The van der Waals surface area contributed by atoms with Gasteiger partial charge in [0.1, 0.15) is 0 Å². The molecule has 2 fully saturated rings. The number of ether oxygens (including phenoxy) is 1. The highest BCUT2D eigenvalue weighted by Crippen LogP contribution is 2.36. The molecule has 2 heterocycles. The van der Waals surface area contributed by atoms with Gasteiger partial charge in [-0.1, -0.05) is 18.6 Å². The van der Waals surface area contributed by atoms with E-state index < -0.39 is 0 Å². The molecule has 0 radical (unpaired) electrons. The monoisotopic (exact) mass is 351 g/mol. The van der Waals surface area contributed by atoms with E-state index in [0.29, 0.717) is 23.9 Å². The maximum absolute atomic E-state index is 12.5. The van der Waals surface area contributed by atoms with Crippen LogP contribution in [0.15, 0.2) is 30.3 Å². The van der Waals surface area contributed by atoms with Gasteiger partial charge < -0.3 is 10.1 Å². The van der Waals surface area contributed by atoms with Crippen LogP contribution in [-0.2, 0) is 4.74 Å². The molecule has 2 aliphatic rings. The molecule has 1 saturated carbocycles. The average molecular weight is 351 g/mol. The Hall–Kier alpha value is -2.27. The van der Waals surface area contributed by atoms with Crippen molar-refractivity contribution < 1.29 is 9.53 Å². The molecule has 1 amide bonds. The fourth-order valence-corrected chi connectivity index (χ4v) is 3.55. The smallest absolute Gasteiger partial charge is 0.251 e. The second-order valence-electron chi connectivity index (χ2n) is 7.31. The topological polar surface area (TPSA) is 64.1 Å². The Morgan fingerprint density at radius 2 is 2.08 bits per heavy atom. The summed E-state index contributed by atoms with van der Waals surface area (Å²) in [6, 6.07) is 9.66. The Morgan fingerprint density at radius 3 is 2.81 bits per heavy atom. The molecule has 5 heteroatoms. The summed E-state index contributed by atoms with van der Waals surface area (Å²) in [5.74, 6) is 1.20. The van der Waals surface area contributed by atoms with Crippen LogP contribution in [0.2, 0.25) is 0 Å². The number of hydrogen-bond acceptors (Lipinski definition) is 4. The molecule has 0 spiro atoms. The van der Waals surface area contributed by atoms with Gasteiger partial charge in [-0.25, -0.2) is 9.97 Å². The zero-order valence-corrected chi connectivity index (χ0v) is 15.2. The largest absolute Gasteiger partial charge is 0.376 e. The molecular formula is C21H25N3O2. The molecule has 1 aliphatic heterocycles. The molecular weight excluding hydrogens is 326 g/mol. The van der Waals surface area contributed by atoms with Crippen molar-refractivity contribution in [1.82, 2.24) is 15.3 Å². The number of benzene rings is 1. The zero-order valence-electron chi connectivity index (χ0n) is 15.2. The molecule has 136 valence electrons. The SMILES string of the molecule is Cc1cc(C2CCC2)nc(-c2cccc(C(=O)NCC3CCCO3)c2)n1. The van der Waals surface area contributed by atoms with Crippen molar-refractivity contribution in [2.75, 3.05) is 13.2 Å². The molecule has 2 aromatic rings. The van der Waals surface area contributed by atoms with E-state index in [1.165, 1.54) is 19.3 Å². The first kappa shape index (κ1) is 17.2. The van der Waals surface area contributed by atoms with Crippen LogP contribution in [0.3, 0.4) is 0 Å². The maximum Gasteiger partial charge on any atom is 0.251 e. The van der Waals surface area contributed by atoms with Gasteiger partial charge in [0.15, 0.2) is 5.82 Å². The van der Waals surface area contributed by atoms with E-state index in [0.717, 1.165) is 36.4 Å². The summed E-state index contributed by atoms with van der Waals surface area (Å²) in [6.07, 6.45) is 5.94. The van der Waals surface area contributed by atoms with Crippen molar-refractivity contribution >= 4 is 5.91 Å². The molecule has 4 rings (SSSR count). The van der Waals surface area contributed by atoms with Gasteiger partial charge in [0.05, 0.1) is 6.10 Å². The van der Waals surface area contributed by atoms with Crippen LogP contribution in [0.25, 0.3) is 11.4 Å². The van der Waals surface area contributed by atoms with E-state index in [-0.39, 0.29) is 12.0 Å². The highest BCUT2D eigenvalue weighted by molar-refractivity contribution is 5.95. The summed E-state index contributed by atoms with van der Waals surface area (Å²) in [4.78, 5) is 21.8. The second-order valence-corrected chi connectivity index (χ2v) is 7.31. The zero-order chi connectivity index (χ0) is 17.9. The molecule has 26 heavy (non-hydrogen) atoms. The predicted octanol–water partition coefficient (Wildman–Crippen LogP) is 3.63. The molecule has 1 aromatic carbocycles. The molecule has 1 aliphatic carbocycles. The molecule has 1 unspecified atom stereocenters. The standard InChI is InChI=1S/C21H25N3O2/c1-14-11-19(15-5-2-6-15)24-20(23-14)16-7-3-8-17(12-16)21(25)22-13-18-9-4-10-26-18/h3,7-8,11-12,15,18H,2,4-6,9-10,13H2,1H3,(H,22,25). The molecule has 5 nitrogen and oxygen atoms in total. The number of aryl methyl sites for hydroxylation is 1. The summed E-state index contributed by atoms with van der Waals surface area (Å²) >= 11 is 0. The maximum atomic E-state index is 12.5. The number of amides is 1. The van der Waals surface area contributed by atoms with Gasteiger partial charge in [-0.05, 0) is 50.8 Å². The van der Waals surface area contributed by atoms with Crippen molar-refractivity contribution in [3.8, 4) is 11.4 Å². The van der Waals surface area contributed by atoms with Crippen LogP contribution < -0.4 is 5.32 Å². The number of nitrogens with one attached hydrogen (secondary N) is 1. The van der Waals surface area contributed by atoms with Gasteiger partial charge in [-0.3, -0.25) is 4.79 Å². The molecule has 1 aromatic heterocycles. The second kappa shape index (κ2) is 7.54. The van der Waals surface area contributed by atoms with E-state index in [9.17, 15) is 4.79 Å². The van der Waals surface area contributed by atoms with E-state index in [1.54, 1.807) is 0 Å². The van der Waals surface area contributed by atoms with Gasteiger partial charge in [-0.2, -0.15) is 0 Å². The third kappa shape index (κ3) is 3.78. The van der Waals surface area contributed by atoms with Crippen LogP contribution in [0, 0.1) is 6.92 Å². The summed E-state index contributed by atoms with van der Waals surface area (Å²) in [5, 5.41) is 2.97. The fourth-order valence-electron chi connectivity index (χ4n) is 3.55. The third-order valence-electron chi connectivity index (χ3n) is 5.29. The molecule has 0 bridgehead atoms. The van der Waals surface area contributed by atoms with Crippen molar-refractivity contribution in [3.05, 3.63) is 47.3 Å². The number of nitrogens with zero attached hydrogens (tertiary/aromatic N) is 2. The van der Waals surface area contributed by atoms with E-state index in [4.69, 9.17) is 9.72 Å². The highest BCUT2D eigenvalue weighted by Gasteiger charge is 2.22. The van der Waals surface area contributed by atoms with Crippen molar-refractivity contribution in [3.63, 3.8) is 0 Å². The summed E-state index contributed by atoms with van der Waals surface area (Å²) in [5.41, 5.74) is 3.63. The number of hydrogen-bond donors (Lipinski definition) is 1. The minimum atomic E-state index is -0.0748. The normalized spacial score (nSPS) is 20.0. The quantitative estimate of drug-likeness (QED) is 0.893. The molecule has 1 saturated heterocycles. The van der Waals surface area contributed by atoms with E-state index in [2.05, 4.69) is 16.4 Å². The Kier molecular flexibility index (Phi) is 4.98. The van der Waals surface area contributed by atoms with E-state index in [1.807, 2.05) is 31.2 Å². The Balaban J connectivity index is 1.51. The van der Waals surface area contributed by atoms with E-state index >= 15 is 0 Å². The van der Waals surface area contributed by atoms with Crippen LogP contribution in [-0.4, -0.2) is 35.1 Å². The lowest BCUT2D eigenvalue weighted by Gasteiger charge is -2.25. The van der Waals surface area contributed by atoms with Gasteiger partial charge in [0, 0.05) is 41.6 Å². The average Bonchev–Trinajstić information content (AvgIpc) is 3.11. The number of aromatic nitrogens is 2. The third-order valence-corrected chi connectivity index (χ3v) is 5.29. The first-order valence-corrected chi connectivity index (χ1v) is 9.55.